The van der Waals surface area contributed by atoms with Gasteiger partial charge in [-0.05, 0) is 53.5 Å². The van der Waals surface area contributed by atoms with E-state index in [1.54, 1.807) is 25.1 Å². The summed E-state index contributed by atoms with van der Waals surface area (Å²) in [5.74, 6) is -0.104. The van der Waals surface area contributed by atoms with Gasteiger partial charge in [-0.25, -0.2) is 4.79 Å². The van der Waals surface area contributed by atoms with Crippen LogP contribution in [-0.4, -0.2) is 23.4 Å². The first-order chi connectivity index (χ1) is 9.02. The number of carbonyl (C=O) groups is 1. The maximum Gasteiger partial charge on any atom is 0.367 e. The second-order valence-electron chi connectivity index (χ2n) is 3.90. The number of rotatable bonds is 3. The Kier molecular flexibility index (Phi) is 3.90. The smallest absolute Gasteiger partial charge is 0.367 e. The molecular weight excluding hydrogens is 314 g/mol. The molecule has 6 heteroatoms. The highest BCUT2D eigenvalue weighted by molar-refractivity contribution is 9.10. The van der Waals surface area contributed by atoms with Crippen LogP contribution in [0, 0.1) is 0 Å². The standard InChI is InChI=1S/C13H12BrNO4/c1-3-18-11-6-8(5-10(14)12(11)16)4-9-7(2)15-19-13(9)17/h4-6,16H,3H2,1-2H3/b9-4-. The van der Waals surface area contributed by atoms with Crippen molar-refractivity contribution < 1.29 is 19.5 Å². The van der Waals surface area contributed by atoms with E-state index in [-0.39, 0.29) is 5.75 Å². The lowest BCUT2D eigenvalue weighted by Crippen LogP contribution is -2.02. The summed E-state index contributed by atoms with van der Waals surface area (Å²) in [7, 11) is 0. The van der Waals surface area contributed by atoms with Crippen LogP contribution in [0.5, 0.6) is 11.5 Å². The number of hydrogen-bond acceptors (Lipinski definition) is 5. The average molecular weight is 326 g/mol. The molecule has 1 aliphatic rings. The van der Waals surface area contributed by atoms with Crippen LogP contribution in [0.1, 0.15) is 19.4 Å². The highest BCUT2D eigenvalue weighted by atomic mass is 79.9. The summed E-state index contributed by atoms with van der Waals surface area (Å²) < 4.78 is 5.81. The van der Waals surface area contributed by atoms with Gasteiger partial charge in [0, 0.05) is 0 Å². The molecule has 0 fully saturated rings. The van der Waals surface area contributed by atoms with Crippen molar-refractivity contribution in [3.63, 3.8) is 0 Å². The lowest BCUT2D eigenvalue weighted by Gasteiger charge is -2.08. The molecule has 2 rings (SSSR count). The van der Waals surface area contributed by atoms with Crippen molar-refractivity contribution in [3.8, 4) is 11.5 Å². The van der Waals surface area contributed by atoms with Gasteiger partial charge in [0.05, 0.1) is 22.4 Å². The molecule has 19 heavy (non-hydrogen) atoms. The zero-order valence-electron chi connectivity index (χ0n) is 10.4. The van der Waals surface area contributed by atoms with Crippen LogP contribution in [0.25, 0.3) is 6.08 Å². The Labute approximate surface area is 118 Å². The minimum atomic E-state index is -0.486. The quantitative estimate of drug-likeness (QED) is 0.685. The third-order valence-electron chi connectivity index (χ3n) is 2.54. The summed E-state index contributed by atoms with van der Waals surface area (Å²) in [6.07, 6.45) is 1.64. The van der Waals surface area contributed by atoms with Crippen molar-refractivity contribution >= 4 is 33.7 Å². The molecule has 0 amide bonds. The number of nitrogens with zero attached hydrogens (tertiary/aromatic N) is 1. The van der Waals surface area contributed by atoms with Gasteiger partial charge in [-0.2, -0.15) is 0 Å². The van der Waals surface area contributed by atoms with Crippen LogP contribution in [0.4, 0.5) is 0 Å². The van der Waals surface area contributed by atoms with Gasteiger partial charge < -0.3 is 14.7 Å². The highest BCUT2D eigenvalue weighted by Crippen LogP contribution is 2.36. The van der Waals surface area contributed by atoms with Gasteiger partial charge >= 0.3 is 5.97 Å². The summed E-state index contributed by atoms with van der Waals surface area (Å²) in [6, 6.07) is 3.33. The number of phenolic OH excluding ortho intramolecular Hbond substituents is 1. The third-order valence-corrected chi connectivity index (χ3v) is 3.14. The van der Waals surface area contributed by atoms with Crippen molar-refractivity contribution in [3.05, 3.63) is 27.7 Å². The van der Waals surface area contributed by atoms with Gasteiger partial charge in [0.1, 0.15) is 0 Å². The Morgan fingerprint density at radius 1 is 1.53 bits per heavy atom. The molecule has 1 aromatic carbocycles. The molecule has 0 unspecified atom stereocenters. The van der Waals surface area contributed by atoms with E-state index in [2.05, 4.69) is 25.9 Å². The van der Waals surface area contributed by atoms with Crippen molar-refractivity contribution in [1.29, 1.82) is 0 Å². The molecule has 1 N–H and O–H groups in total. The van der Waals surface area contributed by atoms with E-state index in [0.717, 1.165) is 0 Å². The van der Waals surface area contributed by atoms with Crippen molar-refractivity contribution in [1.82, 2.24) is 0 Å². The first-order valence-electron chi connectivity index (χ1n) is 5.66. The second kappa shape index (κ2) is 5.44. The van der Waals surface area contributed by atoms with Gasteiger partial charge in [0.2, 0.25) is 0 Å². The molecular formula is C13H12BrNO4. The maximum atomic E-state index is 11.5. The number of carbonyl (C=O) groups excluding carboxylic acids is 1. The van der Waals surface area contributed by atoms with E-state index in [4.69, 9.17) is 4.74 Å². The Hall–Kier alpha value is -1.82. The van der Waals surface area contributed by atoms with Crippen LogP contribution in [0.2, 0.25) is 0 Å². The summed E-state index contributed by atoms with van der Waals surface area (Å²) in [6.45, 7) is 3.95. The second-order valence-corrected chi connectivity index (χ2v) is 4.75. The van der Waals surface area contributed by atoms with Crippen molar-refractivity contribution in [2.24, 2.45) is 5.16 Å². The molecule has 5 nitrogen and oxygen atoms in total. The average Bonchev–Trinajstić information content (AvgIpc) is 2.67. The Morgan fingerprint density at radius 3 is 2.84 bits per heavy atom. The van der Waals surface area contributed by atoms with E-state index < -0.39 is 5.97 Å². The fourth-order valence-electron chi connectivity index (χ4n) is 1.63. The number of ether oxygens (including phenoxy) is 1. The van der Waals surface area contributed by atoms with Gasteiger partial charge in [-0.15, -0.1) is 0 Å². The minimum absolute atomic E-state index is 0.0309. The molecule has 1 aliphatic heterocycles. The normalized spacial score (nSPS) is 16.5. The zero-order chi connectivity index (χ0) is 14.0. The number of oxime groups is 1. The molecule has 100 valence electrons. The molecule has 0 aliphatic carbocycles. The first kappa shape index (κ1) is 13.6. The lowest BCUT2D eigenvalue weighted by molar-refractivity contribution is -0.136. The number of aromatic hydroxyl groups is 1. The molecule has 0 aromatic heterocycles. The highest BCUT2D eigenvalue weighted by Gasteiger charge is 2.22. The number of hydrogen-bond donors (Lipinski definition) is 1. The summed E-state index contributed by atoms with van der Waals surface area (Å²) >= 11 is 3.24. The zero-order valence-corrected chi connectivity index (χ0v) is 12.0. The van der Waals surface area contributed by atoms with Crippen molar-refractivity contribution in [2.75, 3.05) is 6.61 Å². The van der Waals surface area contributed by atoms with Crippen LogP contribution < -0.4 is 4.74 Å². The van der Waals surface area contributed by atoms with Crippen molar-refractivity contribution in [2.45, 2.75) is 13.8 Å². The largest absolute Gasteiger partial charge is 0.503 e. The predicted octanol–water partition coefficient (Wildman–Crippen LogP) is 2.87. The lowest BCUT2D eigenvalue weighted by atomic mass is 10.1. The molecule has 0 saturated carbocycles. The Morgan fingerprint density at radius 2 is 2.26 bits per heavy atom. The van der Waals surface area contributed by atoms with E-state index in [0.29, 0.717) is 33.7 Å². The third kappa shape index (κ3) is 2.78. The Balaban J connectivity index is 2.44. The molecule has 1 heterocycles. The fraction of sp³-hybridized carbons (Fsp3) is 0.231. The van der Waals surface area contributed by atoms with E-state index in [1.165, 1.54) is 0 Å². The first-order valence-corrected chi connectivity index (χ1v) is 6.45. The molecule has 1 aromatic rings. The van der Waals surface area contributed by atoms with Crippen LogP contribution in [0.3, 0.4) is 0 Å². The van der Waals surface area contributed by atoms with E-state index >= 15 is 0 Å². The molecule has 0 radical (unpaired) electrons. The minimum Gasteiger partial charge on any atom is -0.503 e. The summed E-state index contributed by atoms with van der Waals surface area (Å²) in [5, 5.41) is 13.4. The SMILES string of the molecule is CCOc1cc(/C=C2\C(=O)ON=C2C)cc(Br)c1O. The summed E-state index contributed by atoms with van der Waals surface area (Å²) in [4.78, 5) is 16.0. The van der Waals surface area contributed by atoms with Crippen LogP contribution in [-0.2, 0) is 9.63 Å². The number of benzene rings is 1. The predicted molar refractivity (Wildman–Crippen MR) is 74.2 cm³/mol. The van der Waals surface area contributed by atoms with Crippen LogP contribution >= 0.6 is 15.9 Å². The number of phenols is 1. The van der Waals surface area contributed by atoms with Gasteiger partial charge in [-0.1, -0.05) is 5.16 Å². The van der Waals surface area contributed by atoms with Crippen LogP contribution in [0.15, 0.2) is 27.3 Å². The van der Waals surface area contributed by atoms with E-state index in [9.17, 15) is 9.90 Å². The monoisotopic (exact) mass is 325 g/mol. The maximum absolute atomic E-state index is 11.5. The number of halogens is 1. The van der Waals surface area contributed by atoms with Gasteiger partial charge in [0.25, 0.3) is 0 Å². The molecule has 0 bridgehead atoms. The van der Waals surface area contributed by atoms with Gasteiger partial charge in [-0.3, -0.25) is 0 Å². The molecule has 0 saturated heterocycles. The Bertz CT molecular complexity index is 593. The molecule has 0 spiro atoms. The fourth-order valence-corrected chi connectivity index (χ4v) is 2.09. The topological polar surface area (TPSA) is 68.1 Å². The van der Waals surface area contributed by atoms with E-state index in [1.807, 2.05) is 6.92 Å². The summed E-state index contributed by atoms with van der Waals surface area (Å²) in [5.41, 5.74) is 1.61. The molecule has 0 atom stereocenters. The van der Waals surface area contributed by atoms with Gasteiger partial charge in [0.15, 0.2) is 11.5 Å².